The van der Waals surface area contributed by atoms with E-state index in [-0.39, 0.29) is 5.91 Å². The van der Waals surface area contributed by atoms with Crippen molar-refractivity contribution in [1.29, 1.82) is 0 Å². The number of hydrogen-bond donors (Lipinski definition) is 0. The van der Waals surface area contributed by atoms with E-state index in [1.807, 2.05) is 29.2 Å². The van der Waals surface area contributed by atoms with Gasteiger partial charge in [-0.3, -0.25) is 9.69 Å². The quantitative estimate of drug-likeness (QED) is 0.846. The van der Waals surface area contributed by atoms with E-state index >= 15 is 0 Å². The molecule has 1 saturated heterocycles. The predicted octanol–water partition coefficient (Wildman–Crippen LogP) is 2.19. The number of carbonyl (C=O) groups is 1. The molecule has 0 spiro atoms. The molecule has 1 aliphatic heterocycles. The smallest absolute Gasteiger partial charge is 0.227 e. The van der Waals surface area contributed by atoms with E-state index in [2.05, 4.69) is 4.90 Å². The summed E-state index contributed by atoms with van der Waals surface area (Å²) < 4.78 is 0. The van der Waals surface area contributed by atoms with Crippen LogP contribution in [-0.2, 0) is 11.2 Å². The highest BCUT2D eigenvalue weighted by atomic mass is 35.5. The molecule has 0 radical (unpaired) electrons. The van der Waals surface area contributed by atoms with E-state index in [1.165, 1.54) is 12.8 Å². The summed E-state index contributed by atoms with van der Waals surface area (Å²) in [5.74, 6) is 0.220. The Morgan fingerprint density at radius 2 is 1.95 bits per heavy atom. The molecule has 19 heavy (non-hydrogen) atoms. The van der Waals surface area contributed by atoms with Crippen molar-refractivity contribution in [2.24, 2.45) is 0 Å². The molecule has 2 aliphatic rings. The van der Waals surface area contributed by atoms with Gasteiger partial charge in [0.15, 0.2) is 0 Å². The van der Waals surface area contributed by atoms with E-state index < -0.39 is 0 Å². The van der Waals surface area contributed by atoms with Crippen LogP contribution >= 0.6 is 11.6 Å². The molecule has 1 heterocycles. The summed E-state index contributed by atoms with van der Waals surface area (Å²) in [6.45, 7) is 3.81. The van der Waals surface area contributed by atoms with Crippen LogP contribution in [0.1, 0.15) is 18.4 Å². The van der Waals surface area contributed by atoms with Gasteiger partial charge in [-0.05, 0) is 30.5 Å². The number of piperazine rings is 1. The highest BCUT2D eigenvalue weighted by molar-refractivity contribution is 6.30. The van der Waals surface area contributed by atoms with Crippen molar-refractivity contribution in [3.05, 3.63) is 34.9 Å². The van der Waals surface area contributed by atoms with Gasteiger partial charge in [0, 0.05) is 37.2 Å². The summed E-state index contributed by atoms with van der Waals surface area (Å²) in [4.78, 5) is 16.7. The lowest BCUT2D eigenvalue weighted by atomic mass is 10.1. The molecule has 1 aromatic rings. The molecular formula is C15H19ClN2O. The molecule has 0 aromatic heterocycles. The number of nitrogens with zero attached hydrogens (tertiary/aromatic N) is 2. The first-order valence-corrected chi connectivity index (χ1v) is 7.36. The molecule has 0 N–H and O–H groups in total. The summed E-state index contributed by atoms with van der Waals surface area (Å²) >= 11 is 5.94. The van der Waals surface area contributed by atoms with Crippen molar-refractivity contribution in [2.75, 3.05) is 26.2 Å². The van der Waals surface area contributed by atoms with Gasteiger partial charge in [0.25, 0.3) is 0 Å². The predicted molar refractivity (Wildman–Crippen MR) is 76.3 cm³/mol. The SMILES string of the molecule is O=C(Cc1cccc(Cl)c1)N1CCN(C2CC2)CC1. The molecule has 2 fully saturated rings. The topological polar surface area (TPSA) is 23.6 Å². The Kier molecular flexibility index (Phi) is 3.76. The monoisotopic (exact) mass is 278 g/mol. The third kappa shape index (κ3) is 3.28. The summed E-state index contributed by atoms with van der Waals surface area (Å²) in [6.07, 6.45) is 3.15. The number of amides is 1. The van der Waals surface area contributed by atoms with Crippen LogP contribution in [0, 0.1) is 0 Å². The Hall–Kier alpha value is -1.06. The zero-order chi connectivity index (χ0) is 13.2. The summed E-state index contributed by atoms with van der Waals surface area (Å²) in [7, 11) is 0. The van der Waals surface area contributed by atoms with Crippen molar-refractivity contribution < 1.29 is 4.79 Å². The fourth-order valence-electron chi connectivity index (χ4n) is 2.71. The van der Waals surface area contributed by atoms with Crippen molar-refractivity contribution in [3.8, 4) is 0 Å². The minimum absolute atomic E-state index is 0.220. The Morgan fingerprint density at radius 1 is 1.21 bits per heavy atom. The molecular weight excluding hydrogens is 260 g/mol. The fourth-order valence-corrected chi connectivity index (χ4v) is 2.92. The second kappa shape index (κ2) is 5.51. The van der Waals surface area contributed by atoms with Gasteiger partial charge in [-0.25, -0.2) is 0 Å². The zero-order valence-corrected chi connectivity index (χ0v) is 11.8. The van der Waals surface area contributed by atoms with E-state index in [0.717, 1.165) is 37.8 Å². The molecule has 4 heteroatoms. The number of halogens is 1. The fraction of sp³-hybridized carbons (Fsp3) is 0.533. The van der Waals surface area contributed by atoms with Gasteiger partial charge >= 0.3 is 0 Å². The maximum Gasteiger partial charge on any atom is 0.227 e. The lowest BCUT2D eigenvalue weighted by molar-refractivity contribution is -0.132. The van der Waals surface area contributed by atoms with Crippen LogP contribution in [0.15, 0.2) is 24.3 Å². The zero-order valence-electron chi connectivity index (χ0n) is 11.0. The third-order valence-electron chi connectivity index (χ3n) is 3.97. The second-order valence-electron chi connectivity index (χ2n) is 5.45. The first-order valence-electron chi connectivity index (χ1n) is 6.98. The van der Waals surface area contributed by atoms with Gasteiger partial charge in [0.1, 0.15) is 0 Å². The van der Waals surface area contributed by atoms with E-state index in [1.54, 1.807) is 0 Å². The molecule has 1 amide bonds. The molecule has 0 bridgehead atoms. The van der Waals surface area contributed by atoms with Crippen molar-refractivity contribution in [1.82, 2.24) is 9.80 Å². The first-order chi connectivity index (χ1) is 9.22. The third-order valence-corrected chi connectivity index (χ3v) is 4.21. The van der Waals surface area contributed by atoms with Gasteiger partial charge in [0.2, 0.25) is 5.91 Å². The van der Waals surface area contributed by atoms with Gasteiger partial charge in [-0.2, -0.15) is 0 Å². The Bertz CT molecular complexity index is 465. The lowest BCUT2D eigenvalue weighted by Gasteiger charge is -2.34. The molecule has 1 aliphatic carbocycles. The number of hydrogen-bond acceptors (Lipinski definition) is 2. The Labute approximate surface area is 119 Å². The lowest BCUT2D eigenvalue weighted by Crippen LogP contribution is -2.49. The van der Waals surface area contributed by atoms with Gasteiger partial charge in [0.05, 0.1) is 6.42 Å². The van der Waals surface area contributed by atoms with Gasteiger partial charge in [-0.1, -0.05) is 23.7 Å². The maximum absolute atomic E-state index is 12.2. The van der Waals surface area contributed by atoms with Crippen LogP contribution in [0.2, 0.25) is 5.02 Å². The standard InChI is InChI=1S/C15H19ClN2O/c16-13-3-1-2-12(10-13)11-15(19)18-8-6-17(7-9-18)14-4-5-14/h1-3,10,14H,4-9,11H2. The Balaban J connectivity index is 1.53. The minimum Gasteiger partial charge on any atom is -0.340 e. The minimum atomic E-state index is 0.220. The van der Waals surface area contributed by atoms with Crippen LogP contribution < -0.4 is 0 Å². The Morgan fingerprint density at radius 3 is 2.58 bits per heavy atom. The largest absolute Gasteiger partial charge is 0.340 e. The molecule has 1 saturated carbocycles. The molecule has 0 unspecified atom stereocenters. The van der Waals surface area contributed by atoms with Gasteiger partial charge < -0.3 is 4.90 Å². The highest BCUT2D eigenvalue weighted by Crippen LogP contribution is 2.27. The summed E-state index contributed by atoms with van der Waals surface area (Å²) in [5, 5.41) is 0.698. The average molecular weight is 279 g/mol. The highest BCUT2D eigenvalue weighted by Gasteiger charge is 2.32. The van der Waals surface area contributed by atoms with Gasteiger partial charge in [-0.15, -0.1) is 0 Å². The molecule has 0 atom stereocenters. The number of carbonyl (C=O) groups excluding carboxylic acids is 1. The average Bonchev–Trinajstić information content (AvgIpc) is 3.23. The van der Waals surface area contributed by atoms with Crippen LogP contribution in [0.5, 0.6) is 0 Å². The van der Waals surface area contributed by atoms with E-state index in [9.17, 15) is 4.79 Å². The maximum atomic E-state index is 12.2. The normalized spacial score (nSPS) is 20.6. The molecule has 1 aromatic carbocycles. The number of benzene rings is 1. The van der Waals surface area contributed by atoms with Crippen molar-refractivity contribution >= 4 is 17.5 Å². The summed E-state index contributed by atoms with van der Waals surface area (Å²) in [6, 6.07) is 8.38. The van der Waals surface area contributed by atoms with Crippen molar-refractivity contribution in [3.63, 3.8) is 0 Å². The van der Waals surface area contributed by atoms with Crippen LogP contribution in [-0.4, -0.2) is 47.9 Å². The second-order valence-corrected chi connectivity index (χ2v) is 5.89. The molecule has 3 nitrogen and oxygen atoms in total. The summed E-state index contributed by atoms with van der Waals surface area (Å²) in [5.41, 5.74) is 1.00. The van der Waals surface area contributed by atoms with E-state index in [4.69, 9.17) is 11.6 Å². The van der Waals surface area contributed by atoms with Crippen LogP contribution in [0.3, 0.4) is 0 Å². The first kappa shape index (κ1) is 12.9. The van der Waals surface area contributed by atoms with E-state index in [0.29, 0.717) is 11.4 Å². The molecule has 3 rings (SSSR count). The molecule has 102 valence electrons. The number of rotatable bonds is 3. The van der Waals surface area contributed by atoms with Crippen molar-refractivity contribution in [2.45, 2.75) is 25.3 Å². The van der Waals surface area contributed by atoms with Crippen LogP contribution in [0.4, 0.5) is 0 Å². The van der Waals surface area contributed by atoms with Crippen LogP contribution in [0.25, 0.3) is 0 Å².